The second-order valence-corrected chi connectivity index (χ2v) is 5.06. The molecule has 1 atom stereocenters. The maximum atomic E-state index is 5.77. The molecule has 1 unspecified atom stereocenters. The lowest BCUT2D eigenvalue weighted by Gasteiger charge is -2.29. The molecule has 0 saturated carbocycles. The Morgan fingerprint density at radius 3 is 2.50 bits per heavy atom. The lowest BCUT2D eigenvalue weighted by atomic mass is 10.1. The van der Waals surface area contributed by atoms with E-state index in [1.165, 1.54) is 12.1 Å². The van der Waals surface area contributed by atoms with E-state index in [0.717, 1.165) is 38.5 Å². The van der Waals surface area contributed by atoms with Gasteiger partial charge in [-0.2, -0.15) is 0 Å². The Hall–Kier alpha value is -1.22. The van der Waals surface area contributed by atoms with Crippen molar-refractivity contribution < 1.29 is 4.74 Å². The van der Waals surface area contributed by atoms with Crippen LogP contribution in [0.15, 0.2) is 24.3 Å². The van der Waals surface area contributed by atoms with Gasteiger partial charge < -0.3 is 15.0 Å². The smallest absolute Gasteiger partial charge is 0.119 e. The van der Waals surface area contributed by atoms with Crippen molar-refractivity contribution in [3.8, 4) is 5.75 Å². The van der Waals surface area contributed by atoms with Crippen molar-refractivity contribution in [2.45, 2.75) is 20.3 Å². The van der Waals surface area contributed by atoms with E-state index in [-0.39, 0.29) is 0 Å². The van der Waals surface area contributed by atoms with Gasteiger partial charge in [-0.25, -0.2) is 0 Å². The van der Waals surface area contributed by atoms with Crippen LogP contribution in [0.5, 0.6) is 5.75 Å². The summed E-state index contributed by atoms with van der Waals surface area (Å²) in [5, 5.41) is 3.37. The van der Waals surface area contributed by atoms with Crippen molar-refractivity contribution >= 4 is 5.69 Å². The van der Waals surface area contributed by atoms with Gasteiger partial charge in [-0.15, -0.1) is 0 Å². The molecule has 1 aromatic carbocycles. The molecule has 0 aliphatic carbocycles. The number of nitrogens with one attached hydrogen (secondary N) is 1. The molecule has 100 valence electrons. The highest BCUT2D eigenvalue weighted by molar-refractivity contribution is 5.49. The van der Waals surface area contributed by atoms with Gasteiger partial charge in [0.1, 0.15) is 5.75 Å². The van der Waals surface area contributed by atoms with Gasteiger partial charge in [0.15, 0.2) is 0 Å². The first-order valence-electron chi connectivity index (χ1n) is 6.98. The molecule has 3 heteroatoms. The Labute approximate surface area is 110 Å². The molecule has 0 amide bonds. The minimum Gasteiger partial charge on any atom is -0.493 e. The molecule has 0 aromatic heterocycles. The lowest BCUT2D eigenvalue weighted by Crippen LogP contribution is -2.43. The summed E-state index contributed by atoms with van der Waals surface area (Å²) < 4.78 is 5.77. The standard InChI is InChI=1S/C15H24N2O/c1-3-13(2)12-18-15-6-4-14(5-7-15)17-10-8-16-9-11-17/h4-7,13,16H,3,8-12H2,1-2H3. The highest BCUT2D eigenvalue weighted by Gasteiger charge is 2.10. The van der Waals surface area contributed by atoms with Crippen LogP contribution in [0.4, 0.5) is 5.69 Å². The second-order valence-electron chi connectivity index (χ2n) is 5.06. The zero-order chi connectivity index (χ0) is 12.8. The summed E-state index contributed by atoms with van der Waals surface area (Å²) in [5.41, 5.74) is 1.30. The van der Waals surface area contributed by atoms with Crippen LogP contribution in [0.1, 0.15) is 20.3 Å². The highest BCUT2D eigenvalue weighted by atomic mass is 16.5. The van der Waals surface area contributed by atoms with Crippen LogP contribution in [-0.4, -0.2) is 32.8 Å². The van der Waals surface area contributed by atoms with E-state index in [4.69, 9.17) is 4.74 Å². The van der Waals surface area contributed by atoms with Gasteiger partial charge in [-0.1, -0.05) is 20.3 Å². The Bertz CT molecular complexity index is 344. The first-order valence-corrected chi connectivity index (χ1v) is 6.98. The van der Waals surface area contributed by atoms with Crippen LogP contribution in [0.3, 0.4) is 0 Å². The number of piperazine rings is 1. The fourth-order valence-electron chi connectivity index (χ4n) is 2.03. The summed E-state index contributed by atoms with van der Waals surface area (Å²) in [4.78, 5) is 2.41. The molecular weight excluding hydrogens is 224 g/mol. The number of rotatable bonds is 5. The summed E-state index contributed by atoms with van der Waals surface area (Å²) >= 11 is 0. The molecule has 18 heavy (non-hydrogen) atoms. The maximum absolute atomic E-state index is 5.77. The maximum Gasteiger partial charge on any atom is 0.119 e. The highest BCUT2D eigenvalue weighted by Crippen LogP contribution is 2.20. The summed E-state index contributed by atoms with van der Waals surface area (Å²) in [6.45, 7) is 9.55. The van der Waals surface area contributed by atoms with Crippen molar-refractivity contribution in [3.05, 3.63) is 24.3 Å². The predicted molar refractivity (Wildman–Crippen MR) is 76.5 cm³/mol. The molecule has 1 aromatic rings. The van der Waals surface area contributed by atoms with Crippen molar-refractivity contribution in [2.75, 3.05) is 37.7 Å². The summed E-state index contributed by atoms with van der Waals surface area (Å²) in [5.74, 6) is 1.60. The zero-order valence-corrected chi connectivity index (χ0v) is 11.5. The molecule has 1 aliphatic rings. The van der Waals surface area contributed by atoms with Crippen molar-refractivity contribution in [2.24, 2.45) is 5.92 Å². The van der Waals surface area contributed by atoms with E-state index in [1.807, 2.05) is 0 Å². The van der Waals surface area contributed by atoms with Gasteiger partial charge >= 0.3 is 0 Å². The van der Waals surface area contributed by atoms with Gasteiger partial charge in [0, 0.05) is 31.9 Å². The molecule has 0 bridgehead atoms. The normalized spacial score (nSPS) is 17.6. The Balaban J connectivity index is 1.88. The van der Waals surface area contributed by atoms with Gasteiger partial charge in [0.2, 0.25) is 0 Å². The van der Waals surface area contributed by atoms with E-state index in [1.54, 1.807) is 0 Å². The topological polar surface area (TPSA) is 24.5 Å². The molecule has 2 rings (SSSR count). The molecule has 1 heterocycles. The molecule has 1 saturated heterocycles. The van der Waals surface area contributed by atoms with Gasteiger partial charge in [0.25, 0.3) is 0 Å². The fourth-order valence-corrected chi connectivity index (χ4v) is 2.03. The average molecular weight is 248 g/mol. The zero-order valence-electron chi connectivity index (χ0n) is 11.5. The monoisotopic (exact) mass is 248 g/mol. The van der Waals surface area contributed by atoms with Gasteiger partial charge in [-0.05, 0) is 30.2 Å². The summed E-state index contributed by atoms with van der Waals surface area (Å²) in [6, 6.07) is 8.49. The summed E-state index contributed by atoms with van der Waals surface area (Å²) in [7, 11) is 0. The largest absolute Gasteiger partial charge is 0.493 e. The summed E-state index contributed by atoms with van der Waals surface area (Å²) in [6.07, 6.45) is 1.17. The van der Waals surface area contributed by atoms with Crippen molar-refractivity contribution in [1.29, 1.82) is 0 Å². The number of ether oxygens (including phenoxy) is 1. The van der Waals surface area contributed by atoms with Crippen molar-refractivity contribution in [3.63, 3.8) is 0 Å². The first kappa shape index (κ1) is 13.2. The molecule has 0 radical (unpaired) electrons. The molecular formula is C15H24N2O. The van der Waals surface area contributed by atoms with E-state index in [0.29, 0.717) is 5.92 Å². The second kappa shape index (κ2) is 6.64. The van der Waals surface area contributed by atoms with Crippen LogP contribution in [0.2, 0.25) is 0 Å². The van der Waals surface area contributed by atoms with E-state index in [9.17, 15) is 0 Å². The third-order valence-corrected chi connectivity index (χ3v) is 3.55. The molecule has 3 nitrogen and oxygen atoms in total. The Kier molecular flexibility index (Phi) is 4.88. The van der Waals surface area contributed by atoms with Crippen LogP contribution in [0.25, 0.3) is 0 Å². The minimum atomic E-state index is 0.623. The number of benzene rings is 1. The van der Waals surface area contributed by atoms with Crippen LogP contribution in [0, 0.1) is 5.92 Å². The lowest BCUT2D eigenvalue weighted by molar-refractivity contribution is 0.256. The number of anilines is 1. The Morgan fingerprint density at radius 1 is 1.22 bits per heavy atom. The van der Waals surface area contributed by atoms with Crippen LogP contribution >= 0.6 is 0 Å². The third-order valence-electron chi connectivity index (χ3n) is 3.55. The molecule has 1 N–H and O–H groups in total. The molecule has 0 spiro atoms. The van der Waals surface area contributed by atoms with E-state index in [2.05, 4.69) is 48.3 Å². The SMILES string of the molecule is CCC(C)COc1ccc(N2CCNCC2)cc1. The fraction of sp³-hybridized carbons (Fsp3) is 0.600. The van der Waals surface area contributed by atoms with E-state index < -0.39 is 0 Å². The quantitative estimate of drug-likeness (QED) is 0.866. The third kappa shape index (κ3) is 3.64. The van der Waals surface area contributed by atoms with E-state index >= 15 is 0 Å². The van der Waals surface area contributed by atoms with Crippen molar-refractivity contribution in [1.82, 2.24) is 5.32 Å². The van der Waals surface area contributed by atoms with Crippen LogP contribution < -0.4 is 15.0 Å². The van der Waals surface area contributed by atoms with Gasteiger partial charge in [-0.3, -0.25) is 0 Å². The molecule has 1 fully saturated rings. The minimum absolute atomic E-state index is 0.623. The predicted octanol–water partition coefficient (Wildman–Crippen LogP) is 2.52. The average Bonchev–Trinajstić information content (AvgIpc) is 2.46. The van der Waals surface area contributed by atoms with Gasteiger partial charge in [0.05, 0.1) is 6.61 Å². The number of hydrogen-bond donors (Lipinski definition) is 1. The number of hydrogen-bond acceptors (Lipinski definition) is 3. The number of nitrogens with zero attached hydrogens (tertiary/aromatic N) is 1. The Morgan fingerprint density at radius 2 is 1.89 bits per heavy atom. The molecule has 1 aliphatic heterocycles. The first-order chi connectivity index (χ1) is 8.79. The van der Waals surface area contributed by atoms with Crippen LogP contribution in [-0.2, 0) is 0 Å².